The van der Waals surface area contributed by atoms with Gasteiger partial charge < -0.3 is 4.57 Å². The van der Waals surface area contributed by atoms with E-state index in [-0.39, 0.29) is 0 Å². The predicted octanol–water partition coefficient (Wildman–Crippen LogP) is 8.35. The normalized spacial score (nSPS) is 11.1. The fourth-order valence-corrected chi connectivity index (χ4v) is 4.26. The zero-order chi connectivity index (χ0) is 21.8. The fourth-order valence-electron chi connectivity index (χ4n) is 4.26. The van der Waals surface area contributed by atoms with E-state index in [4.69, 9.17) is 4.98 Å². The Labute approximate surface area is 184 Å². The van der Waals surface area contributed by atoms with Crippen LogP contribution in [0.2, 0.25) is 0 Å². The molecule has 31 heavy (non-hydrogen) atoms. The molecule has 2 heteroatoms. The van der Waals surface area contributed by atoms with Gasteiger partial charge in [-0.2, -0.15) is 0 Å². The first-order chi connectivity index (χ1) is 15.3. The van der Waals surface area contributed by atoms with Gasteiger partial charge >= 0.3 is 0 Å². The number of hydrogen-bond acceptors (Lipinski definition) is 1. The minimum atomic E-state index is 0.989. The second-order valence-corrected chi connectivity index (χ2v) is 7.24. The number of aromatic nitrogens is 2. The third-order valence-electron chi connectivity index (χ3n) is 5.45. The Balaban J connectivity index is 0.00000112. The molecule has 0 saturated carbocycles. The van der Waals surface area contributed by atoms with Crippen molar-refractivity contribution in [2.75, 3.05) is 0 Å². The molecule has 5 aromatic rings. The van der Waals surface area contributed by atoms with Crippen LogP contribution in [0.25, 0.3) is 50.3 Å². The average Bonchev–Trinajstić information content (AvgIpc) is 3.15. The molecule has 0 fully saturated rings. The molecule has 154 valence electrons. The van der Waals surface area contributed by atoms with Crippen LogP contribution in [0.4, 0.5) is 0 Å². The zero-order valence-corrected chi connectivity index (χ0v) is 18.6. The van der Waals surface area contributed by atoms with Crippen LogP contribution in [0.5, 0.6) is 0 Å². The third kappa shape index (κ3) is 3.55. The maximum absolute atomic E-state index is 5.06. The minimum Gasteiger partial charge on any atom is -0.303 e. The van der Waals surface area contributed by atoms with E-state index in [2.05, 4.69) is 109 Å². The molecule has 4 aromatic carbocycles. The van der Waals surface area contributed by atoms with E-state index in [1.54, 1.807) is 0 Å². The van der Waals surface area contributed by atoms with Gasteiger partial charge in [-0.15, -0.1) is 0 Å². The maximum Gasteiger partial charge on any atom is 0.110 e. The van der Waals surface area contributed by atoms with Gasteiger partial charge in [0.05, 0.1) is 11.0 Å². The Morgan fingerprint density at radius 2 is 1.16 bits per heavy atom. The van der Waals surface area contributed by atoms with Gasteiger partial charge in [0, 0.05) is 17.3 Å². The van der Waals surface area contributed by atoms with Gasteiger partial charge in [-0.3, -0.25) is 0 Å². The summed E-state index contributed by atoms with van der Waals surface area (Å²) in [4.78, 5) is 5.06. The van der Waals surface area contributed by atoms with Gasteiger partial charge in [-0.25, -0.2) is 4.98 Å². The number of imidazole rings is 1. The summed E-state index contributed by atoms with van der Waals surface area (Å²) in [6.07, 6.45) is 4.18. The number of aryl methyl sites for hydroxylation is 1. The molecule has 5 rings (SSSR count). The molecule has 0 radical (unpaired) electrons. The first-order valence-electron chi connectivity index (χ1n) is 11.0. The largest absolute Gasteiger partial charge is 0.303 e. The van der Waals surface area contributed by atoms with Crippen molar-refractivity contribution in [3.05, 3.63) is 96.8 Å². The summed E-state index contributed by atoms with van der Waals surface area (Å²) in [7, 11) is 0. The smallest absolute Gasteiger partial charge is 0.110 e. The first kappa shape index (κ1) is 20.6. The second kappa shape index (κ2) is 9.01. The van der Waals surface area contributed by atoms with Crippen molar-refractivity contribution >= 4 is 28.0 Å². The highest BCUT2D eigenvalue weighted by Crippen LogP contribution is 2.43. The quantitative estimate of drug-likeness (QED) is 0.295. The van der Waals surface area contributed by atoms with Gasteiger partial charge in [0.25, 0.3) is 0 Å². The van der Waals surface area contributed by atoms with E-state index in [9.17, 15) is 0 Å². The standard InChI is InChI=1S/C27H22N2.C2H6/c1-3-18-29-19(2)28-26-24(20-12-6-4-7-13-20)22-16-10-11-17-23(22)25(27(26)29)21-14-8-5-9-15-21;1-2/h3-18H,1-2H3;1-2H3/b18-3-;. The van der Waals surface area contributed by atoms with Crippen LogP contribution in [0, 0.1) is 6.92 Å². The number of fused-ring (bicyclic) bond motifs is 2. The third-order valence-corrected chi connectivity index (χ3v) is 5.45. The highest BCUT2D eigenvalue weighted by molar-refractivity contribution is 6.19. The van der Waals surface area contributed by atoms with Gasteiger partial charge in [-0.05, 0) is 35.7 Å². The lowest BCUT2D eigenvalue weighted by Gasteiger charge is -2.15. The molecule has 0 aliphatic rings. The molecule has 0 aliphatic heterocycles. The summed E-state index contributed by atoms with van der Waals surface area (Å²) < 4.78 is 2.22. The molecule has 2 nitrogen and oxygen atoms in total. The zero-order valence-electron chi connectivity index (χ0n) is 18.6. The summed E-state index contributed by atoms with van der Waals surface area (Å²) in [5.74, 6) is 0.989. The maximum atomic E-state index is 5.06. The number of benzene rings is 4. The van der Waals surface area contributed by atoms with E-state index in [1.807, 2.05) is 20.8 Å². The Morgan fingerprint density at radius 3 is 1.71 bits per heavy atom. The molecular formula is C29H28N2. The van der Waals surface area contributed by atoms with Gasteiger partial charge in [0.1, 0.15) is 5.82 Å². The van der Waals surface area contributed by atoms with Crippen LogP contribution < -0.4 is 0 Å². The monoisotopic (exact) mass is 404 g/mol. The molecule has 0 unspecified atom stereocenters. The van der Waals surface area contributed by atoms with Crippen LogP contribution >= 0.6 is 0 Å². The van der Waals surface area contributed by atoms with Gasteiger partial charge in [0.15, 0.2) is 0 Å². The molecule has 0 saturated heterocycles. The van der Waals surface area contributed by atoms with Crippen LogP contribution in [-0.2, 0) is 0 Å². The molecular weight excluding hydrogens is 376 g/mol. The predicted molar refractivity (Wildman–Crippen MR) is 135 cm³/mol. The average molecular weight is 405 g/mol. The van der Waals surface area contributed by atoms with Gasteiger partial charge in [-0.1, -0.05) is 105 Å². The summed E-state index contributed by atoms with van der Waals surface area (Å²) in [6, 6.07) is 29.9. The Bertz CT molecular complexity index is 1340. The van der Waals surface area contributed by atoms with Crippen molar-refractivity contribution < 1.29 is 0 Å². The lowest BCUT2D eigenvalue weighted by atomic mass is 9.90. The van der Waals surface area contributed by atoms with E-state index in [1.165, 1.54) is 33.0 Å². The van der Waals surface area contributed by atoms with Crippen molar-refractivity contribution in [1.82, 2.24) is 9.55 Å². The van der Waals surface area contributed by atoms with Crippen molar-refractivity contribution in [2.24, 2.45) is 0 Å². The van der Waals surface area contributed by atoms with E-state index in [0.29, 0.717) is 0 Å². The summed E-state index contributed by atoms with van der Waals surface area (Å²) in [5, 5.41) is 2.48. The summed E-state index contributed by atoms with van der Waals surface area (Å²) in [5.41, 5.74) is 7.03. The van der Waals surface area contributed by atoms with Crippen molar-refractivity contribution in [3.63, 3.8) is 0 Å². The Hall–Kier alpha value is -3.65. The van der Waals surface area contributed by atoms with E-state index >= 15 is 0 Å². The van der Waals surface area contributed by atoms with Crippen molar-refractivity contribution in [2.45, 2.75) is 27.7 Å². The van der Waals surface area contributed by atoms with Crippen LogP contribution in [0.3, 0.4) is 0 Å². The fraction of sp³-hybridized carbons (Fsp3) is 0.138. The lowest BCUT2D eigenvalue weighted by Crippen LogP contribution is -1.94. The van der Waals surface area contributed by atoms with Crippen molar-refractivity contribution in [3.8, 4) is 22.3 Å². The summed E-state index contributed by atoms with van der Waals surface area (Å²) in [6.45, 7) is 8.13. The number of nitrogens with zero attached hydrogens (tertiary/aromatic N) is 2. The van der Waals surface area contributed by atoms with Crippen LogP contribution in [0.1, 0.15) is 26.6 Å². The molecule has 0 N–H and O–H groups in total. The van der Waals surface area contributed by atoms with Crippen LogP contribution in [-0.4, -0.2) is 9.55 Å². The molecule has 0 atom stereocenters. The molecule has 0 bridgehead atoms. The van der Waals surface area contributed by atoms with E-state index < -0.39 is 0 Å². The molecule has 1 heterocycles. The molecule has 1 aromatic heterocycles. The van der Waals surface area contributed by atoms with Crippen LogP contribution in [0.15, 0.2) is 91.0 Å². The Morgan fingerprint density at radius 1 is 0.677 bits per heavy atom. The highest BCUT2D eigenvalue weighted by atomic mass is 15.1. The molecule has 0 aliphatic carbocycles. The van der Waals surface area contributed by atoms with Gasteiger partial charge in [0.2, 0.25) is 0 Å². The van der Waals surface area contributed by atoms with E-state index in [0.717, 1.165) is 16.9 Å². The topological polar surface area (TPSA) is 17.8 Å². The molecule has 0 spiro atoms. The minimum absolute atomic E-state index is 0.989. The summed E-state index contributed by atoms with van der Waals surface area (Å²) >= 11 is 0. The number of hydrogen-bond donors (Lipinski definition) is 0. The second-order valence-electron chi connectivity index (χ2n) is 7.24. The molecule has 0 amide bonds. The first-order valence-corrected chi connectivity index (χ1v) is 11.0. The number of allylic oxidation sites excluding steroid dienone is 1. The Kier molecular flexibility index (Phi) is 5.99. The SMILES string of the molecule is C/C=C\n1c(C)nc2c(-c3ccccc3)c3ccccc3c(-c3ccccc3)c21.CC. The lowest BCUT2D eigenvalue weighted by molar-refractivity contribution is 1.05. The van der Waals surface area contributed by atoms with Crippen molar-refractivity contribution in [1.29, 1.82) is 0 Å². The number of rotatable bonds is 3. The highest BCUT2D eigenvalue weighted by Gasteiger charge is 2.21.